The standard InChI is InChI=1S/C18H22N6O2/c1-13-20-21-17(26-13)11-23-6-3-7-24(9-8-23)18(25)14-4-5-16-15(10-14)19-12-22(16)2/h4-5,10,12H,3,6-9,11H2,1-2H3. The van der Waals surface area contributed by atoms with Crippen LogP contribution in [0.15, 0.2) is 28.9 Å². The van der Waals surface area contributed by atoms with Crippen molar-refractivity contribution < 1.29 is 9.21 Å². The summed E-state index contributed by atoms with van der Waals surface area (Å²) in [5.74, 6) is 1.27. The highest BCUT2D eigenvalue weighted by Gasteiger charge is 2.22. The summed E-state index contributed by atoms with van der Waals surface area (Å²) < 4.78 is 7.41. The number of rotatable bonds is 3. The molecule has 4 rings (SSSR count). The van der Waals surface area contributed by atoms with E-state index in [0.29, 0.717) is 30.4 Å². The molecule has 0 N–H and O–H groups in total. The van der Waals surface area contributed by atoms with Crippen molar-refractivity contribution in [2.24, 2.45) is 7.05 Å². The van der Waals surface area contributed by atoms with E-state index in [1.54, 1.807) is 13.3 Å². The monoisotopic (exact) mass is 354 g/mol. The molecule has 0 aliphatic carbocycles. The quantitative estimate of drug-likeness (QED) is 0.711. The minimum absolute atomic E-state index is 0.0630. The average Bonchev–Trinajstić information content (AvgIpc) is 3.13. The Balaban J connectivity index is 1.43. The fourth-order valence-corrected chi connectivity index (χ4v) is 3.38. The van der Waals surface area contributed by atoms with Crippen LogP contribution in [0.4, 0.5) is 0 Å². The van der Waals surface area contributed by atoms with Crippen LogP contribution in [0, 0.1) is 6.92 Å². The number of imidazole rings is 1. The lowest BCUT2D eigenvalue weighted by Crippen LogP contribution is -2.35. The first-order valence-corrected chi connectivity index (χ1v) is 8.82. The Labute approximate surface area is 151 Å². The Morgan fingerprint density at radius 1 is 1.19 bits per heavy atom. The third kappa shape index (κ3) is 3.32. The number of benzene rings is 1. The predicted molar refractivity (Wildman–Crippen MR) is 95.5 cm³/mol. The number of hydrogen-bond acceptors (Lipinski definition) is 6. The van der Waals surface area contributed by atoms with Crippen LogP contribution in [0.3, 0.4) is 0 Å². The van der Waals surface area contributed by atoms with Crippen LogP contribution >= 0.6 is 0 Å². The third-order valence-corrected chi connectivity index (χ3v) is 4.77. The van der Waals surface area contributed by atoms with Gasteiger partial charge in [-0.3, -0.25) is 9.69 Å². The Morgan fingerprint density at radius 3 is 2.88 bits per heavy atom. The predicted octanol–water partition coefficient (Wildman–Crippen LogP) is 1.61. The SMILES string of the molecule is Cc1nnc(CN2CCCN(C(=O)c3ccc4c(c3)ncn4C)CC2)o1. The number of fused-ring (bicyclic) bond motifs is 1. The summed E-state index contributed by atoms with van der Waals surface area (Å²) >= 11 is 0. The van der Waals surface area contributed by atoms with Gasteiger partial charge in [-0.15, -0.1) is 10.2 Å². The highest BCUT2D eigenvalue weighted by atomic mass is 16.4. The van der Waals surface area contributed by atoms with E-state index in [1.807, 2.05) is 34.7 Å². The first-order valence-electron chi connectivity index (χ1n) is 8.82. The minimum atomic E-state index is 0.0630. The van der Waals surface area contributed by atoms with E-state index in [-0.39, 0.29) is 5.91 Å². The summed E-state index contributed by atoms with van der Waals surface area (Å²) in [6.45, 7) is 5.55. The summed E-state index contributed by atoms with van der Waals surface area (Å²) in [4.78, 5) is 21.4. The van der Waals surface area contributed by atoms with Crippen LogP contribution < -0.4 is 0 Å². The lowest BCUT2D eigenvalue weighted by atomic mass is 10.1. The molecule has 3 heterocycles. The number of amides is 1. The first kappa shape index (κ1) is 16.7. The fraction of sp³-hybridized carbons (Fsp3) is 0.444. The molecule has 1 amide bonds. The van der Waals surface area contributed by atoms with E-state index in [1.165, 1.54) is 0 Å². The molecule has 0 bridgehead atoms. The highest BCUT2D eigenvalue weighted by molar-refractivity contribution is 5.97. The molecule has 26 heavy (non-hydrogen) atoms. The molecule has 1 saturated heterocycles. The fourth-order valence-electron chi connectivity index (χ4n) is 3.38. The van der Waals surface area contributed by atoms with Gasteiger partial charge in [0.2, 0.25) is 11.8 Å². The molecule has 0 radical (unpaired) electrons. The zero-order valence-corrected chi connectivity index (χ0v) is 15.1. The Morgan fingerprint density at radius 2 is 2.08 bits per heavy atom. The molecule has 8 heteroatoms. The summed E-state index contributed by atoms with van der Waals surface area (Å²) in [6.07, 6.45) is 2.69. The zero-order valence-electron chi connectivity index (χ0n) is 15.1. The lowest BCUT2D eigenvalue weighted by Gasteiger charge is -2.21. The van der Waals surface area contributed by atoms with Crippen molar-refractivity contribution in [2.45, 2.75) is 19.9 Å². The van der Waals surface area contributed by atoms with Crippen molar-refractivity contribution in [3.05, 3.63) is 41.9 Å². The molecule has 2 aromatic heterocycles. The average molecular weight is 354 g/mol. The van der Waals surface area contributed by atoms with Crippen LogP contribution in [0.1, 0.15) is 28.6 Å². The molecular weight excluding hydrogens is 332 g/mol. The van der Waals surface area contributed by atoms with E-state index < -0.39 is 0 Å². The Bertz CT molecular complexity index is 931. The molecule has 0 unspecified atom stereocenters. The molecule has 1 aliphatic rings. The molecule has 0 saturated carbocycles. The molecule has 136 valence electrons. The van der Waals surface area contributed by atoms with Crippen molar-refractivity contribution in [1.82, 2.24) is 29.5 Å². The maximum absolute atomic E-state index is 12.9. The number of aromatic nitrogens is 4. The molecule has 0 spiro atoms. The zero-order chi connectivity index (χ0) is 18.1. The molecule has 1 fully saturated rings. The van der Waals surface area contributed by atoms with Gasteiger partial charge in [-0.2, -0.15) is 0 Å². The smallest absolute Gasteiger partial charge is 0.253 e. The number of hydrogen-bond donors (Lipinski definition) is 0. The number of carbonyl (C=O) groups excluding carboxylic acids is 1. The van der Waals surface area contributed by atoms with Crippen LogP contribution in [0.2, 0.25) is 0 Å². The molecule has 0 atom stereocenters. The van der Waals surface area contributed by atoms with Crippen molar-refractivity contribution >= 4 is 16.9 Å². The first-order chi connectivity index (χ1) is 12.6. The van der Waals surface area contributed by atoms with Crippen molar-refractivity contribution in [3.8, 4) is 0 Å². The second kappa shape index (κ2) is 6.87. The van der Waals surface area contributed by atoms with E-state index in [0.717, 1.165) is 37.1 Å². The van der Waals surface area contributed by atoms with Crippen LogP contribution in [-0.2, 0) is 13.6 Å². The van der Waals surface area contributed by atoms with E-state index >= 15 is 0 Å². The van der Waals surface area contributed by atoms with Crippen molar-refractivity contribution in [1.29, 1.82) is 0 Å². The molecule has 3 aromatic rings. The summed E-state index contributed by atoms with van der Waals surface area (Å²) in [7, 11) is 1.95. The van der Waals surface area contributed by atoms with Crippen molar-refractivity contribution in [3.63, 3.8) is 0 Å². The van der Waals surface area contributed by atoms with Crippen LogP contribution in [0.25, 0.3) is 11.0 Å². The Kier molecular flexibility index (Phi) is 4.42. The normalized spacial score (nSPS) is 16.2. The summed E-state index contributed by atoms with van der Waals surface area (Å²) in [5, 5.41) is 7.92. The van der Waals surface area contributed by atoms with Gasteiger partial charge in [0, 0.05) is 45.7 Å². The van der Waals surface area contributed by atoms with Gasteiger partial charge in [0.05, 0.1) is 23.9 Å². The van der Waals surface area contributed by atoms with Crippen LogP contribution in [0.5, 0.6) is 0 Å². The molecule has 1 aromatic carbocycles. The molecular formula is C18H22N6O2. The topological polar surface area (TPSA) is 80.3 Å². The van der Waals surface area contributed by atoms with Crippen LogP contribution in [-0.4, -0.2) is 61.6 Å². The van der Waals surface area contributed by atoms with E-state index in [2.05, 4.69) is 20.1 Å². The summed E-state index contributed by atoms with van der Waals surface area (Å²) in [6, 6.07) is 5.72. The lowest BCUT2D eigenvalue weighted by molar-refractivity contribution is 0.0761. The van der Waals surface area contributed by atoms with E-state index in [9.17, 15) is 4.79 Å². The van der Waals surface area contributed by atoms with Gasteiger partial charge in [-0.05, 0) is 24.6 Å². The van der Waals surface area contributed by atoms with Gasteiger partial charge in [-0.1, -0.05) is 0 Å². The van der Waals surface area contributed by atoms with Gasteiger partial charge < -0.3 is 13.9 Å². The number of aryl methyl sites for hydroxylation is 2. The second-order valence-corrected chi connectivity index (χ2v) is 6.70. The Hall–Kier alpha value is -2.74. The minimum Gasteiger partial charge on any atom is -0.424 e. The van der Waals surface area contributed by atoms with Gasteiger partial charge in [0.25, 0.3) is 5.91 Å². The number of carbonyl (C=O) groups is 1. The number of nitrogens with zero attached hydrogens (tertiary/aromatic N) is 6. The second-order valence-electron chi connectivity index (χ2n) is 6.70. The van der Waals surface area contributed by atoms with Crippen molar-refractivity contribution in [2.75, 3.05) is 26.2 Å². The van der Waals surface area contributed by atoms with Gasteiger partial charge in [-0.25, -0.2) is 4.98 Å². The maximum atomic E-state index is 12.9. The largest absolute Gasteiger partial charge is 0.424 e. The van der Waals surface area contributed by atoms with Gasteiger partial charge in [0.15, 0.2) is 0 Å². The van der Waals surface area contributed by atoms with E-state index in [4.69, 9.17) is 4.42 Å². The third-order valence-electron chi connectivity index (χ3n) is 4.77. The maximum Gasteiger partial charge on any atom is 0.253 e. The van der Waals surface area contributed by atoms with Gasteiger partial charge >= 0.3 is 0 Å². The summed E-state index contributed by atoms with van der Waals surface area (Å²) in [5.41, 5.74) is 2.57. The molecule has 8 nitrogen and oxygen atoms in total. The molecule has 1 aliphatic heterocycles. The highest BCUT2D eigenvalue weighted by Crippen LogP contribution is 2.17. The van der Waals surface area contributed by atoms with Gasteiger partial charge in [0.1, 0.15) is 0 Å².